The fourth-order valence-corrected chi connectivity index (χ4v) is 3.50. The van der Waals surface area contributed by atoms with Crippen molar-refractivity contribution in [3.63, 3.8) is 0 Å². The fourth-order valence-electron chi connectivity index (χ4n) is 2.38. The molecule has 4 nitrogen and oxygen atoms in total. The third kappa shape index (κ3) is 3.73. The quantitative estimate of drug-likeness (QED) is 0.651. The minimum absolute atomic E-state index is 0.0937. The van der Waals surface area contributed by atoms with E-state index >= 15 is 0 Å². The highest BCUT2D eigenvalue weighted by atomic mass is 35.5. The number of halogens is 1. The third-order valence-corrected chi connectivity index (χ3v) is 4.95. The first kappa shape index (κ1) is 17.2. The molecule has 0 aliphatic heterocycles. The molecule has 1 amide bonds. The predicted octanol–water partition coefficient (Wildman–Crippen LogP) is 5.33. The van der Waals surface area contributed by atoms with E-state index in [2.05, 4.69) is 5.32 Å². The van der Waals surface area contributed by atoms with Gasteiger partial charge < -0.3 is 10.4 Å². The number of benzene rings is 2. The van der Waals surface area contributed by atoms with E-state index in [1.165, 1.54) is 11.3 Å². The van der Waals surface area contributed by atoms with Crippen molar-refractivity contribution in [1.82, 2.24) is 0 Å². The van der Waals surface area contributed by atoms with Crippen molar-refractivity contribution >= 4 is 40.5 Å². The largest absolute Gasteiger partial charge is 0.478 e. The topological polar surface area (TPSA) is 66.4 Å². The van der Waals surface area contributed by atoms with Gasteiger partial charge >= 0.3 is 5.97 Å². The molecule has 1 aromatic heterocycles. The van der Waals surface area contributed by atoms with E-state index < -0.39 is 5.97 Å². The SMILES string of the molecule is Cc1ccc(-c2scc(NC(=O)c3ccc(Cl)cc3)c2C(=O)O)cc1. The molecule has 6 heteroatoms. The summed E-state index contributed by atoms with van der Waals surface area (Å²) in [5.74, 6) is -1.46. The first-order valence-electron chi connectivity index (χ1n) is 7.44. The number of carboxylic acids is 1. The number of thiophene rings is 1. The Labute approximate surface area is 153 Å². The average Bonchev–Trinajstić information content (AvgIpc) is 3.00. The number of aromatic carboxylic acids is 1. The molecule has 0 bridgehead atoms. The second-order valence-electron chi connectivity index (χ2n) is 5.49. The lowest BCUT2D eigenvalue weighted by Gasteiger charge is -2.07. The van der Waals surface area contributed by atoms with Gasteiger partial charge in [0.25, 0.3) is 5.91 Å². The zero-order chi connectivity index (χ0) is 18.0. The van der Waals surface area contributed by atoms with Crippen molar-refractivity contribution in [3.05, 3.63) is 75.6 Å². The molecule has 0 atom stereocenters. The van der Waals surface area contributed by atoms with E-state index in [4.69, 9.17) is 11.6 Å². The molecule has 0 radical (unpaired) electrons. The van der Waals surface area contributed by atoms with Gasteiger partial charge in [-0.2, -0.15) is 0 Å². The van der Waals surface area contributed by atoms with Gasteiger partial charge in [0, 0.05) is 16.0 Å². The summed E-state index contributed by atoms with van der Waals surface area (Å²) in [4.78, 5) is 24.7. The molecule has 0 saturated carbocycles. The summed E-state index contributed by atoms with van der Waals surface area (Å²) in [6, 6.07) is 14.0. The highest BCUT2D eigenvalue weighted by molar-refractivity contribution is 7.14. The zero-order valence-corrected chi connectivity index (χ0v) is 14.8. The number of hydrogen-bond donors (Lipinski definition) is 2. The Kier molecular flexibility index (Phi) is 4.88. The summed E-state index contributed by atoms with van der Waals surface area (Å²) < 4.78 is 0. The van der Waals surface area contributed by atoms with Crippen LogP contribution >= 0.6 is 22.9 Å². The molecule has 0 unspecified atom stereocenters. The normalized spacial score (nSPS) is 10.5. The summed E-state index contributed by atoms with van der Waals surface area (Å²) in [6.45, 7) is 1.97. The maximum atomic E-state index is 12.3. The van der Waals surface area contributed by atoms with Crippen molar-refractivity contribution in [2.24, 2.45) is 0 Å². The molecule has 1 heterocycles. The van der Waals surface area contributed by atoms with E-state index in [1.807, 2.05) is 31.2 Å². The second-order valence-corrected chi connectivity index (χ2v) is 6.80. The van der Waals surface area contributed by atoms with Gasteiger partial charge in [-0.05, 0) is 36.8 Å². The number of aryl methyl sites for hydroxylation is 1. The lowest BCUT2D eigenvalue weighted by Crippen LogP contribution is -2.13. The standard InChI is InChI=1S/C19H14ClNO3S/c1-11-2-4-12(5-3-11)17-16(19(23)24)15(10-25-17)21-18(22)13-6-8-14(20)9-7-13/h2-10H,1H3,(H,21,22)(H,23,24). The van der Waals surface area contributed by atoms with Gasteiger partial charge in [-0.15, -0.1) is 11.3 Å². The van der Waals surface area contributed by atoms with Gasteiger partial charge in [-0.1, -0.05) is 41.4 Å². The summed E-state index contributed by atoms with van der Waals surface area (Å²) in [7, 11) is 0. The van der Waals surface area contributed by atoms with Crippen LogP contribution in [-0.4, -0.2) is 17.0 Å². The van der Waals surface area contributed by atoms with Gasteiger partial charge in [0.1, 0.15) is 5.56 Å². The zero-order valence-electron chi connectivity index (χ0n) is 13.2. The molecule has 0 saturated heterocycles. The summed E-state index contributed by atoms with van der Waals surface area (Å²) in [5.41, 5.74) is 2.68. The van der Waals surface area contributed by atoms with E-state index in [0.29, 0.717) is 15.5 Å². The van der Waals surface area contributed by atoms with Crippen LogP contribution in [0.5, 0.6) is 0 Å². The van der Waals surface area contributed by atoms with E-state index in [1.54, 1.807) is 29.6 Å². The van der Waals surface area contributed by atoms with Crippen molar-refractivity contribution in [2.75, 3.05) is 5.32 Å². The maximum absolute atomic E-state index is 12.3. The Bertz CT molecular complexity index is 930. The Morgan fingerprint density at radius 1 is 1.04 bits per heavy atom. The Hall–Kier alpha value is -2.63. The lowest BCUT2D eigenvalue weighted by molar-refractivity contribution is 0.0699. The molecular formula is C19H14ClNO3S. The first-order chi connectivity index (χ1) is 12.0. The third-order valence-electron chi connectivity index (χ3n) is 3.67. The van der Waals surface area contributed by atoms with E-state index in [9.17, 15) is 14.7 Å². The number of amides is 1. The molecule has 3 rings (SSSR count). The summed E-state index contributed by atoms with van der Waals surface area (Å²) in [5, 5.41) is 14.5. The van der Waals surface area contributed by atoms with Gasteiger partial charge in [0.05, 0.1) is 10.6 Å². The van der Waals surface area contributed by atoms with Crippen LogP contribution in [0.3, 0.4) is 0 Å². The molecular weight excluding hydrogens is 358 g/mol. The number of anilines is 1. The minimum Gasteiger partial charge on any atom is -0.478 e. The van der Waals surface area contributed by atoms with Crippen LogP contribution in [0.2, 0.25) is 5.02 Å². The Morgan fingerprint density at radius 2 is 1.68 bits per heavy atom. The van der Waals surface area contributed by atoms with Crippen molar-refractivity contribution in [2.45, 2.75) is 6.92 Å². The molecule has 0 fully saturated rings. The minimum atomic E-state index is -1.08. The fraction of sp³-hybridized carbons (Fsp3) is 0.0526. The molecule has 0 aliphatic carbocycles. The molecule has 25 heavy (non-hydrogen) atoms. The van der Waals surface area contributed by atoms with Crippen LogP contribution in [0.1, 0.15) is 26.3 Å². The van der Waals surface area contributed by atoms with Crippen LogP contribution < -0.4 is 5.32 Å². The predicted molar refractivity (Wildman–Crippen MR) is 101 cm³/mol. The number of nitrogens with one attached hydrogen (secondary N) is 1. The van der Waals surface area contributed by atoms with Gasteiger partial charge in [-0.3, -0.25) is 4.79 Å². The highest BCUT2D eigenvalue weighted by Crippen LogP contribution is 2.36. The number of carbonyl (C=O) groups is 2. The van der Waals surface area contributed by atoms with E-state index in [0.717, 1.165) is 11.1 Å². The van der Waals surface area contributed by atoms with Crippen molar-refractivity contribution in [3.8, 4) is 10.4 Å². The van der Waals surface area contributed by atoms with Crippen LogP contribution in [0.25, 0.3) is 10.4 Å². The number of carboxylic acid groups (broad SMARTS) is 1. The number of rotatable bonds is 4. The van der Waals surface area contributed by atoms with Crippen LogP contribution in [-0.2, 0) is 0 Å². The molecule has 0 aliphatic rings. The molecule has 126 valence electrons. The lowest BCUT2D eigenvalue weighted by atomic mass is 10.1. The molecule has 3 aromatic rings. The first-order valence-corrected chi connectivity index (χ1v) is 8.70. The summed E-state index contributed by atoms with van der Waals surface area (Å²) in [6.07, 6.45) is 0. The van der Waals surface area contributed by atoms with Crippen LogP contribution in [0, 0.1) is 6.92 Å². The Balaban J connectivity index is 1.94. The highest BCUT2D eigenvalue weighted by Gasteiger charge is 2.21. The second kappa shape index (κ2) is 7.09. The van der Waals surface area contributed by atoms with Gasteiger partial charge in [0.15, 0.2) is 0 Å². The van der Waals surface area contributed by atoms with Gasteiger partial charge in [-0.25, -0.2) is 4.79 Å². The summed E-state index contributed by atoms with van der Waals surface area (Å²) >= 11 is 7.10. The monoisotopic (exact) mass is 371 g/mol. The molecule has 0 spiro atoms. The smallest absolute Gasteiger partial charge is 0.339 e. The van der Waals surface area contributed by atoms with Crippen LogP contribution in [0.4, 0.5) is 5.69 Å². The maximum Gasteiger partial charge on any atom is 0.339 e. The average molecular weight is 372 g/mol. The van der Waals surface area contributed by atoms with Crippen molar-refractivity contribution < 1.29 is 14.7 Å². The van der Waals surface area contributed by atoms with E-state index in [-0.39, 0.29) is 17.2 Å². The number of hydrogen-bond acceptors (Lipinski definition) is 3. The molecule has 2 aromatic carbocycles. The Morgan fingerprint density at radius 3 is 2.28 bits per heavy atom. The number of carbonyl (C=O) groups excluding carboxylic acids is 1. The van der Waals surface area contributed by atoms with Crippen molar-refractivity contribution in [1.29, 1.82) is 0 Å². The van der Waals surface area contributed by atoms with Gasteiger partial charge in [0.2, 0.25) is 0 Å². The molecule has 2 N–H and O–H groups in total. The van der Waals surface area contributed by atoms with Crippen LogP contribution in [0.15, 0.2) is 53.9 Å².